The molecule has 0 saturated carbocycles. The number of nitrogens with zero attached hydrogens (tertiary/aromatic N) is 3. The fraction of sp³-hybridized carbons (Fsp3) is 0.125. The summed E-state index contributed by atoms with van der Waals surface area (Å²) < 4.78 is 4.92. The summed E-state index contributed by atoms with van der Waals surface area (Å²) in [7, 11) is 0. The van der Waals surface area contributed by atoms with E-state index in [1.807, 2.05) is 12.1 Å². The smallest absolute Gasteiger partial charge is 0.275 e. The molecule has 0 saturated heterocycles. The number of benzene rings is 1. The summed E-state index contributed by atoms with van der Waals surface area (Å²) in [5, 5.41) is 10.0. The molecule has 0 radical (unpaired) electrons. The molecule has 0 aliphatic carbocycles. The van der Waals surface area contributed by atoms with Gasteiger partial charge in [-0.2, -0.15) is 0 Å². The molecule has 2 heterocycles. The van der Waals surface area contributed by atoms with Gasteiger partial charge in [0.2, 0.25) is 0 Å². The Morgan fingerprint density at radius 2 is 1.96 bits per heavy atom. The van der Waals surface area contributed by atoms with Crippen molar-refractivity contribution in [2.24, 2.45) is 0 Å². The van der Waals surface area contributed by atoms with Crippen LogP contribution in [0.1, 0.15) is 22.1 Å². The van der Waals surface area contributed by atoms with E-state index in [2.05, 4.69) is 25.8 Å². The molecule has 0 atom stereocenters. The van der Waals surface area contributed by atoms with Crippen LogP contribution in [0.4, 0.5) is 17.3 Å². The van der Waals surface area contributed by atoms with E-state index in [1.54, 1.807) is 38.1 Å². The van der Waals surface area contributed by atoms with Gasteiger partial charge in [-0.3, -0.25) is 4.79 Å². The van der Waals surface area contributed by atoms with Crippen molar-refractivity contribution in [2.45, 2.75) is 13.8 Å². The van der Waals surface area contributed by atoms with Crippen LogP contribution >= 0.6 is 11.6 Å². The Morgan fingerprint density at radius 3 is 2.67 bits per heavy atom. The van der Waals surface area contributed by atoms with Crippen molar-refractivity contribution in [1.82, 2.24) is 15.1 Å². The molecule has 0 unspecified atom stereocenters. The van der Waals surface area contributed by atoms with E-state index in [4.69, 9.17) is 16.1 Å². The SMILES string of the molecule is Cc1nc(Nc2cccc(Cl)c2)cc(C(=O)Nc2cc(C)on2)n1. The van der Waals surface area contributed by atoms with Crippen LogP contribution in [0.5, 0.6) is 0 Å². The van der Waals surface area contributed by atoms with Crippen LogP contribution < -0.4 is 10.6 Å². The highest BCUT2D eigenvalue weighted by Crippen LogP contribution is 2.19. The van der Waals surface area contributed by atoms with Gasteiger partial charge in [0.1, 0.15) is 23.1 Å². The third kappa shape index (κ3) is 3.88. The van der Waals surface area contributed by atoms with Gasteiger partial charge in [0, 0.05) is 22.8 Å². The lowest BCUT2D eigenvalue weighted by molar-refractivity contribution is 0.102. The number of hydrogen-bond donors (Lipinski definition) is 2. The van der Waals surface area contributed by atoms with Gasteiger partial charge in [0.05, 0.1) is 0 Å². The van der Waals surface area contributed by atoms with E-state index in [0.717, 1.165) is 5.69 Å². The number of amides is 1. The normalized spacial score (nSPS) is 10.5. The Labute approximate surface area is 143 Å². The molecule has 0 aliphatic heterocycles. The summed E-state index contributed by atoms with van der Waals surface area (Å²) in [6, 6.07) is 10.4. The number of carbonyl (C=O) groups excluding carboxylic acids is 1. The molecule has 0 spiro atoms. The number of carbonyl (C=O) groups is 1. The van der Waals surface area contributed by atoms with Crippen molar-refractivity contribution in [2.75, 3.05) is 10.6 Å². The van der Waals surface area contributed by atoms with Crippen LogP contribution in [0.25, 0.3) is 0 Å². The zero-order valence-corrected chi connectivity index (χ0v) is 13.8. The van der Waals surface area contributed by atoms with Crippen LogP contribution in [0.2, 0.25) is 5.02 Å². The van der Waals surface area contributed by atoms with Gasteiger partial charge in [-0.1, -0.05) is 22.8 Å². The quantitative estimate of drug-likeness (QED) is 0.749. The second kappa shape index (κ2) is 6.67. The van der Waals surface area contributed by atoms with Crippen LogP contribution in [-0.2, 0) is 0 Å². The van der Waals surface area contributed by atoms with Crippen molar-refractivity contribution < 1.29 is 9.32 Å². The van der Waals surface area contributed by atoms with E-state index in [0.29, 0.717) is 28.2 Å². The highest BCUT2D eigenvalue weighted by atomic mass is 35.5. The standard InChI is InChI=1S/C16H14ClN5O2/c1-9-6-15(22-24-9)21-16(23)13-8-14(19-10(2)18-13)20-12-5-3-4-11(17)7-12/h3-8H,1-2H3,(H,18,19,20)(H,21,22,23). The molecule has 1 aromatic carbocycles. The second-order valence-corrected chi connectivity index (χ2v) is 5.53. The third-order valence-corrected chi connectivity index (χ3v) is 3.27. The predicted molar refractivity (Wildman–Crippen MR) is 90.7 cm³/mol. The lowest BCUT2D eigenvalue weighted by Crippen LogP contribution is -2.15. The van der Waals surface area contributed by atoms with Crippen LogP contribution in [-0.4, -0.2) is 21.0 Å². The molecule has 1 amide bonds. The summed E-state index contributed by atoms with van der Waals surface area (Å²) >= 11 is 5.96. The molecule has 7 nitrogen and oxygen atoms in total. The van der Waals surface area contributed by atoms with Crippen molar-refractivity contribution >= 4 is 34.8 Å². The number of hydrogen-bond acceptors (Lipinski definition) is 6. The number of nitrogens with one attached hydrogen (secondary N) is 2. The first kappa shape index (κ1) is 15.9. The van der Waals surface area contributed by atoms with E-state index in [9.17, 15) is 4.79 Å². The fourth-order valence-corrected chi connectivity index (χ4v) is 2.26. The molecule has 2 aromatic heterocycles. The first-order valence-corrected chi connectivity index (χ1v) is 7.50. The molecule has 3 rings (SSSR count). The molecule has 0 aliphatic rings. The molecule has 3 aromatic rings. The van der Waals surface area contributed by atoms with E-state index >= 15 is 0 Å². The van der Waals surface area contributed by atoms with Gasteiger partial charge in [0.15, 0.2) is 5.82 Å². The van der Waals surface area contributed by atoms with E-state index in [-0.39, 0.29) is 5.69 Å². The fourth-order valence-electron chi connectivity index (χ4n) is 2.07. The van der Waals surface area contributed by atoms with Gasteiger partial charge in [-0.15, -0.1) is 0 Å². The second-order valence-electron chi connectivity index (χ2n) is 5.10. The molecule has 8 heteroatoms. The van der Waals surface area contributed by atoms with Crippen molar-refractivity contribution in [3.8, 4) is 0 Å². The summed E-state index contributed by atoms with van der Waals surface area (Å²) in [6.07, 6.45) is 0. The predicted octanol–water partition coefficient (Wildman–Crippen LogP) is 3.73. The lowest BCUT2D eigenvalue weighted by atomic mass is 10.3. The minimum atomic E-state index is -0.400. The monoisotopic (exact) mass is 343 g/mol. The minimum Gasteiger partial charge on any atom is -0.360 e. The average molecular weight is 344 g/mol. The molecular weight excluding hydrogens is 330 g/mol. The number of aromatic nitrogens is 3. The van der Waals surface area contributed by atoms with Crippen LogP contribution in [0.15, 0.2) is 40.9 Å². The minimum absolute atomic E-state index is 0.215. The maximum Gasteiger partial charge on any atom is 0.275 e. The topological polar surface area (TPSA) is 92.9 Å². The van der Waals surface area contributed by atoms with E-state index in [1.165, 1.54) is 0 Å². The summed E-state index contributed by atoms with van der Waals surface area (Å²) in [6.45, 7) is 3.45. The van der Waals surface area contributed by atoms with Crippen LogP contribution in [0, 0.1) is 13.8 Å². The molecule has 0 bridgehead atoms. The highest BCUT2D eigenvalue weighted by molar-refractivity contribution is 6.30. The Hall–Kier alpha value is -2.93. The largest absolute Gasteiger partial charge is 0.360 e. The van der Waals surface area contributed by atoms with Crippen molar-refractivity contribution in [3.05, 3.63) is 58.7 Å². The number of rotatable bonds is 4. The third-order valence-electron chi connectivity index (χ3n) is 3.04. The van der Waals surface area contributed by atoms with Gasteiger partial charge in [0.25, 0.3) is 5.91 Å². The van der Waals surface area contributed by atoms with Gasteiger partial charge < -0.3 is 15.2 Å². The Morgan fingerprint density at radius 1 is 1.12 bits per heavy atom. The molecule has 122 valence electrons. The van der Waals surface area contributed by atoms with Gasteiger partial charge in [-0.05, 0) is 32.0 Å². The maximum absolute atomic E-state index is 12.3. The number of aryl methyl sites for hydroxylation is 2. The highest BCUT2D eigenvalue weighted by Gasteiger charge is 2.13. The van der Waals surface area contributed by atoms with Crippen LogP contribution in [0.3, 0.4) is 0 Å². The van der Waals surface area contributed by atoms with Crippen molar-refractivity contribution in [3.63, 3.8) is 0 Å². The first-order chi connectivity index (χ1) is 11.5. The molecule has 0 fully saturated rings. The summed E-state index contributed by atoms with van der Waals surface area (Å²) in [4.78, 5) is 20.7. The van der Waals surface area contributed by atoms with Gasteiger partial charge in [-0.25, -0.2) is 9.97 Å². The number of halogens is 1. The Bertz CT molecular complexity index is 894. The zero-order valence-electron chi connectivity index (χ0n) is 13.0. The Balaban J connectivity index is 1.81. The first-order valence-electron chi connectivity index (χ1n) is 7.12. The number of anilines is 3. The molecular formula is C16H14ClN5O2. The van der Waals surface area contributed by atoms with Gasteiger partial charge >= 0.3 is 0 Å². The zero-order chi connectivity index (χ0) is 17.1. The summed E-state index contributed by atoms with van der Waals surface area (Å²) in [5.41, 5.74) is 0.978. The average Bonchev–Trinajstić information content (AvgIpc) is 2.91. The Kier molecular flexibility index (Phi) is 4.43. The lowest BCUT2D eigenvalue weighted by Gasteiger charge is -2.08. The summed E-state index contributed by atoms with van der Waals surface area (Å²) in [5.74, 6) is 1.49. The molecule has 24 heavy (non-hydrogen) atoms. The van der Waals surface area contributed by atoms with E-state index < -0.39 is 5.91 Å². The molecule has 2 N–H and O–H groups in total. The van der Waals surface area contributed by atoms with Crippen molar-refractivity contribution in [1.29, 1.82) is 0 Å². The maximum atomic E-state index is 12.3.